The lowest BCUT2D eigenvalue weighted by atomic mass is 10.0. The maximum atomic E-state index is 13.0. The molecule has 0 fully saturated rings. The molecule has 0 aromatic rings. The van der Waals surface area contributed by atoms with Gasteiger partial charge in [0.1, 0.15) is 18.1 Å². The average molecular weight is 545 g/mol. The minimum absolute atomic E-state index is 0.0126. The smallest absolute Gasteiger partial charge is 0.326 e. The zero-order valence-electron chi connectivity index (χ0n) is 21.6. The van der Waals surface area contributed by atoms with E-state index < -0.39 is 66.2 Å². The summed E-state index contributed by atoms with van der Waals surface area (Å²) in [5.74, 6) is -5.77. The predicted octanol–water partition coefficient (Wildman–Crippen LogP) is -3.91. The minimum atomic E-state index is -1.39. The van der Waals surface area contributed by atoms with Gasteiger partial charge in [-0.15, -0.1) is 0 Å². The van der Waals surface area contributed by atoms with Crippen molar-refractivity contribution in [2.75, 3.05) is 13.1 Å². The van der Waals surface area contributed by atoms with Gasteiger partial charge in [-0.25, -0.2) is 4.79 Å². The second-order valence-corrected chi connectivity index (χ2v) is 8.79. The first-order chi connectivity index (χ1) is 17.6. The number of hydrogen-bond donors (Lipinski definition) is 10. The van der Waals surface area contributed by atoms with E-state index in [4.69, 9.17) is 33.8 Å². The molecule has 0 bridgehead atoms. The van der Waals surface area contributed by atoms with Gasteiger partial charge in [0.15, 0.2) is 11.9 Å². The summed E-state index contributed by atoms with van der Waals surface area (Å²) in [6.07, 6.45) is -0.0894. The maximum Gasteiger partial charge on any atom is 0.326 e. The van der Waals surface area contributed by atoms with Gasteiger partial charge in [-0.1, -0.05) is 13.8 Å². The Morgan fingerprint density at radius 2 is 1.21 bits per heavy atom. The summed E-state index contributed by atoms with van der Waals surface area (Å²) in [6.45, 7) is 3.54. The molecule has 0 aliphatic heterocycles. The highest BCUT2D eigenvalue weighted by atomic mass is 16.4. The van der Waals surface area contributed by atoms with Gasteiger partial charge in [0, 0.05) is 13.1 Å². The first-order valence-corrected chi connectivity index (χ1v) is 11.9. The Balaban J connectivity index is 5.58. The van der Waals surface area contributed by atoms with Gasteiger partial charge in [-0.05, 0) is 31.6 Å². The van der Waals surface area contributed by atoms with Crippen molar-refractivity contribution in [1.29, 1.82) is 0 Å². The minimum Gasteiger partial charge on any atom is -0.481 e. The van der Waals surface area contributed by atoms with Crippen molar-refractivity contribution in [3.05, 3.63) is 0 Å². The summed E-state index contributed by atoms with van der Waals surface area (Å²) in [5.41, 5.74) is 26.7. The fourth-order valence-electron chi connectivity index (χ4n) is 3.14. The number of carboxylic acid groups (broad SMARTS) is 2. The Morgan fingerprint density at radius 1 is 0.737 bits per heavy atom. The lowest BCUT2D eigenvalue weighted by Crippen LogP contribution is -2.58. The molecule has 17 nitrogen and oxygen atoms in total. The number of rotatable bonds is 18. The standard InChI is InChI=1S/C21H40N10O7/c1-10(2)15(31-16(34)11(22)9-14(32)33)18(36)29-12(5-3-7-27-20(23)24)17(35)30-13(19(37)38)6-4-8-28-21(25)26/h10-13,15H,3-9,22H2,1-2H3,(H,29,36)(H,30,35)(H,31,34)(H,32,33)(H,37,38)(H4,23,24,27)(H4,25,26,28). The number of carboxylic acids is 2. The van der Waals surface area contributed by atoms with Gasteiger partial charge in [0.05, 0.1) is 12.5 Å². The van der Waals surface area contributed by atoms with Crippen LogP contribution in [0.4, 0.5) is 0 Å². The number of nitrogens with zero attached hydrogens (tertiary/aromatic N) is 2. The van der Waals surface area contributed by atoms with E-state index in [1.54, 1.807) is 13.8 Å². The van der Waals surface area contributed by atoms with E-state index in [0.717, 1.165) is 0 Å². The number of amides is 3. The van der Waals surface area contributed by atoms with E-state index in [-0.39, 0.29) is 50.7 Å². The molecule has 0 spiro atoms. The molecule has 0 aromatic carbocycles. The molecule has 0 aromatic heterocycles. The topological polar surface area (TPSA) is 317 Å². The molecule has 4 atom stereocenters. The summed E-state index contributed by atoms with van der Waals surface area (Å²) in [4.78, 5) is 68.4. The van der Waals surface area contributed by atoms with E-state index in [1.807, 2.05) is 0 Å². The molecule has 0 saturated carbocycles. The van der Waals surface area contributed by atoms with Gasteiger partial charge in [-0.2, -0.15) is 0 Å². The van der Waals surface area contributed by atoms with Gasteiger partial charge in [0.2, 0.25) is 17.7 Å². The fourth-order valence-corrected chi connectivity index (χ4v) is 3.14. The zero-order chi connectivity index (χ0) is 29.4. The normalized spacial score (nSPS) is 13.8. The van der Waals surface area contributed by atoms with Gasteiger partial charge in [-0.3, -0.25) is 29.2 Å². The van der Waals surface area contributed by atoms with Crippen molar-refractivity contribution in [3.63, 3.8) is 0 Å². The monoisotopic (exact) mass is 544 g/mol. The lowest BCUT2D eigenvalue weighted by molar-refractivity contribution is -0.142. The number of aliphatic carboxylic acids is 2. The third-order valence-corrected chi connectivity index (χ3v) is 5.12. The summed E-state index contributed by atoms with van der Waals surface area (Å²) >= 11 is 0. The van der Waals surface area contributed by atoms with Crippen LogP contribution in [0, 0.1) is 5.92 Å². The lowest BCUT2D eigenvalue weighted by Gasteiger charge is -2.27. The van der Waals surface area contributed by atoms with Crippen molar-refractivity contribution in [3.8, 4) is 0 Å². The summed E-state index contributed by atoms with van der Waals surface area (Å²) in [6, 6.07) is -5.05. The molecule has 0 saturated heterocycles. The van der Waals surface area contributed by atoms with Crippen LogP contribution in [0.5, 0.6) is 0 Å². The number of nitrogens with one attached hydrogen (secondary N) is 3. The Bertz CT molecular complexity index is 886. The fraction of sp³-hybridized carbons (Fsp3) is 0.667. The number of guanidine groups is 2. The predicted molar refractivity (Wildman–Crippen MR) is 138 cm³/mol. The highest BCUT2D eigenvalue weighted by Crippen LogP contribution is 2.07. The number of nitrogens with two attached hydrogens (primary N) is 5. The van der Waals surface area contributed by atoms with Crippen LogP contribution in [-0.2, 0) is 24.0 Å². The zero-order valence-corrected chi connectivity index (χ0v) is 21.6. The van der Waals surface area contributed by atoms with Crippen molar-refractivity contribution >= 4 is 41.6 Å². The van der Waals surface area contributed by atoms with Crippen LogP contribution in [0.25, 0.3) is 0 Å². The van der Waals surface area contributed by atoms with Crippen molar-refractivity contribution in [1.82, 2.24) is 16.0 Å². The maximum absolute atomic E-state index is 13.0. The van der Waals surface area contributed by atoms with Crippen LogP contribution in [-0.4, -0.2) is 89.0 Å². The first-order valence-electron chi connectivity index (χ1n) is 11.9. The van der Waals surface area contributed by atoms with Crippen molar-refractivity contribution in [2.24, 2.45) is 44.6 Å². The van der Waals surface area contributed by atoms with Crippen molar-refractivity contribution < 1.29 is 34.2 Å². The van der Waals surface area contributed by atoms with Crippen LogP contribution >= 0.6 is 0 Å². The third-order valence-electron chi connectivity index (χ3n) is 5.12. The molecule has 4 unspecified atom stereocenters. The second kappa shape index (κ2) is 17.3. The molecule has 15 N–H and O–H groups in total. The molecule has 0 aliphatic rings. The van der Waals surface area contributed by atoms with Crippen LogP contribution in [0.15, 0.2) is 9.98 Å². The number of carbonyl (C=O) groups excluding carboxylic acids is 3. The Morgan fingerprint density at radius 3 is 1.63 bits per heavy atom. The number of carbonyl (C=O) groups is 5. The quantitative estimate of drug-likeness (QED) is 0.0449. The Kier molecular flexibility index (Phi) is 15.4. The molecule has 0 rings (SSSR count). The number of hydrogen-bond acceptors (Lipinski definition) is 8. The molecule has 3 amide bonds. The second-order valence-electron chi connectivity index (χ2n) is 8.79. The summed E-state index contributed by atoms with van der Waals surface area (Å²) < 4.78 is 0. The number of aliphatic imine (C=N–C) groups is 2. The molecule has 17 heteroatoms. The Hall–Kier alpha value is -4.15. The molecule has 0 radical (unpaired) electrons. The highest BCUT2D eigenvalue weighted by Gasteiger charge is 2.31. The molecular weight excluding hydrogens is 504 g/mol. The first kappa shape index (κ1) is 33.8. The van der Waals surface area contributed by atoms with E-state index in [9.17, 15) is 29.1 Å². The summed E-state index contributed by atoms with van der Waals surface area (Å²) in [7, 11) is 0. The van der Waals surface area contributed by atoms with Gasteiger partial charge >= 0.3 is 11.9 Å². The van der Waals surface area contributed by atoms with Crippen LogP contribution < -0.4 is 44.6 Å². The highest BCUT2D eigenvalue weighted by molar-refractivity contribution is 5.94. The SMILES string of the molecule is CC(C)C(NC(=O)C(N)CC(=O)O)C(=O)NC(CCCN=C(N)N)C(=O)NC(CCCN=C(N)N)C(=O)O. The Labute approximate surface area is 220 Å². The van der Waals surface area contributed by atoms with Gasteiger partial charge < -0.3 is 54.8 Å². The van der Waals surface area contributed by atoms with Crippen LogP contribution in [0.1, 0.15) is 46.0 Å². The van der Waals surface area contributed by atoms with Gasteiger partial charge in [0.25, 0.3) is 0 Å². The van der Waals surface area contributed by atoms with E-state index in [0.29, 0.717) is 0 Å². The van der Waals surface area contributed by atoms with Crippen LogP contribution in [0.3, 0.4) is 0 Å². The van der Waals surface area contributed by atoms with Crippen molar-refractivity contribution in [2.45, 2.75) is 70.1 Å². The summed E-state index contributed by atoms with van der Waals surface area (Å²) in [5, 5.41) is 25.6. The van der Waals surface area contributed by atoms with E-state index in [1.165, 1.54) is 0 Å². The van der Waals surface area contributed by atoms with Crippen LogP contribution in [0.2, 0.25) is 0 Å². The largest absolute Gasteiger partial charge is 0.481 e. The molecule has 38 heavy (non-hydrogen) atoms. The molecule has 0 heterocycles. The molecule has 216 valence electrons. The molecule has 0 aliphatic carbocycles. The molecular formula is C21H40N10O7. The third kappa shape index (κ3) is 14.4. The average Bonchev–Trinajstić information content (AvgIpc) is 2.79. The van der Waals surface area contributed by atoms with E-state index >= 15 is 0 Å². The van der Waals surface area contributed by atoms with E-state index in [2.05, 4.69) is 25.9 Å².